The predicted octanol–water partition coefficient (Wildman–Crippen LogP) is 3.41. The number of carbonyl (C=O) groups is 1. The smallest absolute Gasteiger partial charge is 0.410 e. The van der Waals surface area contributed by atoms with Gasteiger partial charge in [-0.3, -0.25) is 0 Å². The molecule has 0 N–H and O–H groups in total. The van der Waals surface area contributed by atoms with Crippen molar-refractivity contribution in [2.24, 2.45) is 0 Å². The van der Waals surface area contributed by atoms with E-state index in [1.807, 2.05) is 19.1 Å². The number of amides is 1. The van der Waals surface area contributed by atoms with Crippen LogP contribution < -0.4 is 0 Å². The van der Waals surface area contributed by atoms with Crippen molar-refractivity contribution in [1.29, 1.82) is 0 Å². The molecule has 1 fully saturated rings. The van der Waals surface area contributed by atoms with Crippen molar-refractivity contribution >= 4 is 6.09 Å². The first-order chi connectivity index (χ1) is 8.70. The summed E-state index contributed by atoms with van der Waals surface area (Å²) >= 11 is 0. The molecule has 104 valence electrons. The van der Waals surface area contributed by atoms with E-state index in [2.05, 4.69) is 0 Å². The highest BCUT2D eigenvalue weighted by molar-refractivity contribution is 5.70. The van der Waals surface area contributed by atoms with Crippen LogP contribution in [0.25, 0.3) is 0 Å². The van der Waals surface area contributed by atoms with Gasteiger partial charge in [-0.2, -0.15) is 0 Å². The third kappa shape index (κ3) is 3.06. The van der Waals surface area contributed by atoms with Gasteiger partial charge in [-0.25, -0.2) is 9.18 Å². The van der Waals surface area contributed by atoms with Crippen LogP contribution in [0.4, 0.5) is 9.18 Å². The van der Waals surface area contributed by atoms with Crippen LogP contribution in [0.5, 0.6) is 0 Å². The molecule has 19 heavy (non-hydrogen) atoms. The zero-order valence-corrected chi connectivity index (χ0v) is 11.9. The first-order valence-electron chi connectivity index (χ1n) is 6.44. The molecule has 4 heteroatoms. The SMILES string of the molecule is Cc1ccc(C2(F)CN(C(=O)OC(C)(C)C)C2)cc1. The summed E-state index contributed by atoms with van der Waals surface area (Å²) < 4.78 is 19.8. The molecule has 1 aliphatic heterocycles. The Morgan fingerprint density at radius 1 is 1.26 bits per heavy atom. The van der Waals surface area contributed by atoms with Crippen LogP contribution in [-0.4, -0.2) is 29.7 Å². The molecule has 1 aromatic rings. The second-order valence-corrected chi connectivity index (χ2v) is 6.17. The zero-order valence-electron chi connectivity index (χ0n) is 11.9. The van der Waals surface area contributed by atoms with Crippen molar-refractivity contribution in [1.82, 2.24) is 4.90 Å². The van der Waals surface area contributed by atoms with Gasteiger partial charge in [-0.1, -0.05) is 29.8 Å². The van der Waals surface area contributed by atoms with Gasteiger partial charge >= 0.3 is 6.09 Å². The second-order valence-electron chi connectivity index (χ2n) is 6.17. The average Bonchev–Trinajstić information content (AvgIpc) is 2.23. The lowest BCUT2D eigenvalue weighted by molar-refractivity contribution is -0.0537. The Labute approximate surface area is 113 Å². The highest BCUT2D eigenvalue weighted by atomic mass is 19.1. The van der Waals surface area contributed by atoms with Crippen molar-refractivity contribution in [3.05, 3.63) is 35.4 Å². The summed E-state index contributed by atoms with van der Waals surface area (Å²) in [7, 11) is 0. The Morgan fingerprint density at radius 3 is 2.26 bits per heavy atom. The molecular weight excluding hydrogens is 245 g/mol. The third-order valence-electron chi connectivity index (χ3n) is 3.10. The second kappa shape index (κ2) is 4.51. The van der Waals surface area contributed by atoms with E-state index in [-0.39, 0.29) is 13.1 Å². The van der Waals surface area contributed by atoms with E-state index in [0.717, 1.165) is 5.56 Å². The number of ether oxygens (including phenoxy) is 1. The fourth-order valence-electron chi connectivity index (χ4n) is 2.05. The van der Waals surface area contributed by atoms with Crippen molar-refractivity contribution in [2.45, 2.75) is 39.0 Å². The topological polar surface area (TPSA) is 29.5 Å². The number of likely N-dealkylation sites (tertiary alicyclic amines) is 1. The maximum Gasteiger partial charge on any atom is 0.410 e. The number of carbonyl (C=O) groups excluding carboxylic acids is 1. The fourth-order valence-corrected chi connectivity index (χ4v) is 2.05. The Morgan fingerprint density at radius 2 is 1.79 bits per heavy atom. The minimum Gasteiger partial charge on any atom is -0.444 e. The van der Waals surface area contributed by atoms with Gasteiger partial charge in [0, 0.05) is 0 Å². The Hall–Kier alpha value is -1.58. The molecule has 0 aliphatic carbocycles. The molecule has 0 atom stereocenters. The van der Waals surface area contributed by atoms with Gasteiger partial charge in [0.25, 0.3) is 0 Å². The molecular formula is C15H20FNO2. The molecule has 0 aromatic heterocycles. The molecule has 2 rings (SSSR count). The molecule has 0 radical (unpaired) electrons. The van der Waals surface area contributed by atoms with Crippen molar-refractivity contribution in [3.8, 4) is 0 Å². The molecule has 1 amide bonds. The van der Waals surface area contributed by atoms with Crippen LogP contribution in [0.15, 0.2) is 24.3 Å². The van der Waals surface area contributed by atoms with E-state index >= 15 is 0 Å². The maximum atomic E-state index is 14.6. The summed E-state index contributed by atoms with van der Waals surface area (Å²) in [6.07, 6.45) is -0.451. The standard InChI is InChI=1S/C15H20FNO2/c1-11-5-7-12(8-6-11)15(16)9-17(10-15)13(18)19-14(2,3)4/h5-8H,9-10H2,1-4H3. The van der Waals surface area contributed by atoms with Gasteiger partial charge in [-0.05, 0) is 33.3 Å². The van der Waals surface area contributed by atoms with Crippen molar-refractivity contribution in [3.63, 3.8) is 0 Å². The summed E-state index contributed by atoms with van der Waals surface area (Å²) in [5.41, 5.74) is -0.270. The molecule has 1 aliphatic rings. The van der Waals surface area contributed by atoms with Gasteiger partial charge < -0.3 is 9.64 Å². The predicted molar refractivity (Wildman–Crippen MR) is 71.8 cm³/mol. The van der Waals surface area contributed by atoms with E-state index in [4.69, 9.17) is 4.74 Å². The molecule has 1 aromatic carbocycles. The number of rotatable bonds is 1. The highest BCUT2D eigenvalue weighted by Gasteiger charge is 2.48. The zero-order chi connectivity index (χ0) is 14.3. The fraction of sp³-hybridized carbons (Fsp3) is 0.533. The minimum absolute atomic E-state index is 0.0605. The minimum atomic E-state index is -1.44. The normalized spacial score (nSPS) is 17.8. The van der Waals surface area contributed by atoms with Crippen molar-refractivity contribution < 1.29 is 13.9 Å². The lowest BCUT2D eigenvalue weighted by atomic mass is 9.88. The van der Waals surface area contributed by atoms with Gasteiger partial charge in [-0.15, -0.1) is 0 Å². The number of benzene rings is 1. The number of alkyl halides is 1. The first-order valence-corrected chi connectivity index (χ1v) is 6.44. The largest absolute Gasteiger partial charge is 0.444 e. The lowest BCUT2D eigenvalue weighted by Gasteiger charge is -2.44. The maximum absolute atomic E-state index is 14.6. The highest BCUT2D eigenvalue weighted by Crippen LogP contribution is 2.36. The van der Waals surface area contributed by atoms with E-state index < -0.39 is 17.4 Å². The number of aryl methyl sites for hydroxylation is 1. The molecule has 0 bridgehead atoms. The van der Waals surface area contributed by atoms with E-state index in [0.29, 0.717) is 5.56 Å². The first kappa shape index (κ1) is 13.8. The monoisotopic (exact) mass is 265 g/mol. The van der Waals surface area contributed by atoms with Crippen LogP contribution >= 0.6 is 0 Å². The summed E-state index contributed by atoms with van der Waals surface area (Å²) in [6, 6.07) is 7.32. The van der Waals surface area contributed by atoms with Gasteiger partial charge in [0.15, 0.2) is 5.67 Å². The molecule has 1 saturated heterocycles. The molecule has 0 spiro atoms. The summed E-state index contributed by atoms with van der Waals surface area (Å²) in [5, 5.41) is 0. The summed E-state index contributed by atoms with van der Waals surface area (Å²) in [5.74, 6) is 0. The van der Waals surface area contributed by atoms with Crippen LogP contribution in [0.1, 0.15) is 31.9 Å². The van der Waals surface area contributed by atoms with Crippen LogP contribution in [0.3, 0.4) is 0 Å². The number of hydrogen-bond donors (Lipinski definition) is 0. The molecule has 0 saturated carbocycles. The number of hydrogen-bond acceptors (Lipinski definition) is 2. The van der Waals surface area contributed by atoms with Gasteiger partial charge in [0.1, 0.15) is 5.60 Å². The van der Waals surface area contributed by atoms with Gasteiger partial charge in [0.2, 0.25) is 0 Å². The summed E-state index contributed by atoms with van der Waals surface area (Å²) in [6.45, 7) is 7.48. The van der Waals surface area contributed by atoms with Crippen molar-refractivity contribution in [2.75, 3.05) is 13.1 Å². The van der Waals surface area contributed by atoms with Crippen LogP contribution in [-0.2, 0) is 10.4 Å². The molecule has 1 heterocycles. The lowest BCUT2D eigenvalue weighted by Crippen LogP contribution is -2.59. The third-order valence-corrected chi connectivity index (χ3v) is 3.10. The van der Waals surface area contributed by atoms with Crippen LogP contribution in [0.2, 0.25) is 0 Å². The Balaban J connectivity index is 1.98. The number of halogens is 1. The van der Waals surface area contributed by atoms with E-state index in [9.17, 15) is 9.18 Å². The number of nitrogens with zero attached hydrogens (tertiary/aromatic N) is 1. The van der Waals surface area contributed by atoms with Crippen LogP contribution in [0, 0.1) is 6.92 Å². The molecule has 0 unspecified atom stereocenters. The van der Waals surface area contributed by atoms with E-state index in [1.165, 1.54) is 4.90 Å². The quantitative estimate of drug-likeness (QED) is 0.778. The Kier molecular flexibility index (Phi) is 3.29. The summed E-state index contributed by atoms with van der Waals surface area (Å²) in [4.78, 5) is 13.1. The Bertz CT molecular complexity index is 470. The average molecular weight is 265 g/mol. The van der Waals surface area contributed by atoms with Gasteiger partial charge in [0.05, 0.1) is 13.1 Å². The van der Waals surface area contributed by atoms with E-state index in [1.54, 1.807) is 32.9 Å². The molecule has 3 nitrogen and oxygen atoms in total.